The molecule has 3 rings (SSSR count). The van der Waals surface area contributed by atoms with E-state index in [9.17, 15) is 0 Å². The van der Waals surface area contributed by atoms with Crippen molar-refractivity contribution in [2.45, 2.75) is 25.7 Å². The third-order valence-electron chi connectivity index (χ3n) is 4.43. The number of para-hydroxylation sites is 1. The van der Waals surface area contributed by atoms with E-state index in [1.807, 2.05) is 30.5 Å². The molecule has 2 aromatic rings. The van der Waals surface area contributed by atoms with Crippen molar-refractivity contribution in [2.75, 3.05) is 13.2 Å². The standard InChI is InChI=1S/C17H22N2O/c18-11-13-5-1-2-6-14(13)12-20-17-9-10-19-16-8-4-3-7-15(16)17/h3-4,7-10,13-14H,1-2,5-6,11-12,18H2. The summed E-state index contributed by atoms with van der Waals surface area (Å²) in [5.41, 5.74) is 6.88. The highest BCUT2D eigenvalue weighted by Crippen LogP contribution is 2.31. The highest BCUT2D eigenvalue weighted by molar-refractivity contribution is 5.84. The number of nitrogens with two attached hydrogens (primary N) is 1. The third-order valence-corrected chi connectivity index (χ3v) is 4.43. The topological polar surface area (TPSA) is 48.1 Å². The largest absolute Gasteiger partial charge is 0.493 e. The summed E-state index contributed by atoms with van der Waals surface area (Å²) in [5.74, 6) is 2.16. The first-order valence-corrected chi connectivity index (χ1v) is 7.55. The molecule has 1 aromatic heterocycles. The number of benzene rings is 1. The van der Waals surface area contributed by atoms with Crippen LogP contribution in [0.25, 0.3) is 10.9 Å². The van der Waals surface area contributed by atoms with Gasteiger partial charge in [-0.25, -0.2) is 0 Å². The maximum absolute atomic E-state index is 6.10. The number of rotatable bonds is 4. The second-order valence-electron chi connectivity index (χ2n) is 5.68. The molecule has 1 aromatic carbocycles. The summed E-state index contributed by atoms with van der Waals surface area (Å²) in [7, 11) is 0. The van der Waals surface area contributed by atoms with Gasteiger partial charge in [-0.1, -0.05) is 25.0 Å². The van der Waals surface area contributed by atoms with Crippen LogP contribution in [0, 0.1) is 11.8 Å². The van der Waals surface area contributed by atoms with Crippen molar-refractivity contribution >= 4 is 10.9 Å². The lowest BCUT2D eigenvalue weighted by Gasteiger charge is -2.30. The number of hydrogen-bond donors (Lipinski definition) is 1. The van der Waals surface area contributed by atoms with E-state index in [-0.39, 0.29) is 0 Å². The van der Waals surface area contributed by atoms with E-state index in [0.717, 1.165) is 29.8 Å². The van der Waals surface area contributed by atoms with Gasteiger partial charge in [0.25, 0.3) is 0 Å². The van der Waals surface area contributed by atoms with E-state index in [1.54, 1.807) is 0 Å². The Hall–Kier alpha value is -1.61. The summed E-state index contributed by atoms with van der Waals surface area (Å²) in [6, 6.07) is 10.1. The normalized spacial score (nSPS) is 22.9. The maximum Gasteiger partial charge on any atom is 0.130 e. The predicted octanol–water partition coefficient (Wildman–Crippen LogP) is 3.38. The molecule has 0 aliphatic heterocycles. The smallest absolute Gasteiger partial charge is 0.130 e. The van der Waals surface area contributed by atoms with Crippen LogP contribution in [0.4, 0.5) is 0 Å². The van der Waals surface area contributed by atoms with E-state index in [2.05, 4.69) is 11.1 Å². The lowest BCUT2D eigenvalue weighted by atomic mass is 9.80. The summed E-state index contributed by atoms with van der Waals surface area (Å²) in [6.07, 6.45) is 6.93. The molecule has 2 N–H and O–H groups in total. The van der Waals surface area contributed by atoms with E-state index >= 15 is 0 Å². The van der Waals surface area contributed by atoms with Gasteiger partial charge in [0.1, 0.15) is 5.75 Å². The van der Waals surface area contributed by atoms with Crippen LogP contribution in [0.5, 0.6) is 5.75 Å². The van der Waals surface area contributed by atoms with Crippen molar-refractivity contribution in [1.82, 2.24) is 4.98 Å². The van der Waals surface area contributed by atoms with Gasteiger partial charge in [-0.3, -0.25) is 4.98 Å². The number of fused-ring (bicyclic) bond motifs is 1. The van der Waals surface area contributed by atoms with Gasteiger partial charge in [-0.05, 0) is 49.4 Å². The van der Waals surface area contributed by atoms with Crippen molar-refractivity contribution in [1.29, 1.82) is 0 Å². The molecule has 0 amide bonds. The van der Waals surface area contributed by atoms with Gasteiger partial charge in [0.2, 0.25) is 0 Å². The zero-order valence-electron chi connectivity index (χ0n) is 11.8. The van der Waals surface area contributed by atoms with Gasteiger partial charge in [-0.15, -0.1) is 0 Å². The van der Waals surface area contributed by atoms with E-state index in [1.165, 1.54) is 25.7 Å². The number of aromatic nitrogens is 1. The fourth-order valence-corrected chi connectivity index (χ4v) is 3.21. The molecular weight excluding hydrogens is 248 g/mol. The molecule has 2 atom stereocenters. The maximum atomic E-state index is 6.10. The van der Waals surface area contributed by atoms with Crippen LogP contribution in [0.1, 0.15) is 25.7 Å². The minimum absolute atomic E-state index is 0.598. The van der Waals surface area contributed by atoms with E-state index < -0.39 is 0 Å². The molecule has 1 saturated carbocycles. The van der Waals surface area contributed by atoms with Crippen molar-refractivity contribution < 1.29 is 4.74 Å². The number of ether oxygens (including phenoxy) is 1. The molecule has 20 heavy (non-hydrogen) atoms. The molecule has 0 spiro atoms. The Labute approximate surface area is 120 Å². The fourth-order valence-electron chi connectivity index (χ4n) is 3.21. The van der Waals surface area contributed by atoms with Gasteiger partial charge >= 0.3 is 0 Å². The number of nitrogens with zero attached hydrogens (tertiary/aromatic N) is 1. The third kappa shape index (κ3) is 2.78. The van der Waals surface area contributed by atoms with Crippen LogP contribution in [-0.2, 0) is 0 Å². The quantitative estimate of drug-likeness (QED) is 0.926. The van der Waals surface area contributed by atoms with Crippen LogP contribution in [0.15, 0.2) is 36.5 Å². The van der Waals surface area contributed by atoms with Crippen LogP contribution >= 0.6 is 0 Å². The SMILES string of the molecule is NCC1CCCCC1COc1ccnc2ccccc12. The van der Waals surface area contributed by atoms with Crippen LogP contribution in [-0.4, -0.2) is 18.1 Å². The highest BCUT2D eigenvalue weighted by Gasteiger charge is 2.24. The summed E-state index contributed by atoms with van der Waals surface area (Å²) in [6.45, 7) is 1.56. The van der Waals surface area contributed by atoms with Gasteiger partial charge in [-0.2, -0.15) is 0 Å². The average molecular weight is 270 g/mol. The summed E-state index contributed by atoms with van der Waals surface area (Å²) in [4.78, 5) is 4.37. The Kier molecular flexibility index (Phi) is 4.16. The van der Waals surface area contributed by atoms with Crippen molar-refractivity contribution in [3.63, 3.8) is 0 Å². The van der Waals surface area contributed by atoms with Crippen LogP contribution < -0.4 is 10.5 Å². The number of pyridine rings is 1. The van der Waals surface area contributed by atoms with Crippen molar-refractivity contribution in [2.24, 2.45) is 17.6 Å². The minimum Gasteiger partial charge on any atom is -0.493 e. The zero-order chi connectivity index (χ0) is 13.8. The second kappa shape index (κ2) is 6.23. The first-order valence-electron chi connectivity index (χ1n) is 7.55. The van der Waals surface area contributed by atoms with Gasteiger partial charge in [0.05, 0.1) is 12.1 Å². The summed E-state index contributed by atoms with van der Waals surface area (Å²) >= 11 is 0. The zero-order valence-corrected chi connectivity index (χ0v) is 11.8. The average Bonchev–Trinajstić information content (AvgIpc) is 2.53. The van der Waals surface area contributed by atoms with Crippen LogP contribution in [0.3, 0.4) is 0 Å². The molecule has 0 radical (unpaired) electrons. The van der Waals surface area contributed by atoms with Gasteiger partial charge < -0.3 is 10.5 Å². The minimum atomic E-state index is 0.598. The molecule has 3 nitrogen and oxygen atoms in total. The number of hydrogen-bond acceptors (Lipinski definition) is 3. The van der Waals surface area contributed by atoms with Gasteiger partial charge in [0.15, 0.2) is 0 Å². The molecule has 1 fully saturated rings. The summed E-state index contributed by atoms with van der Waals surface area (Å²) < 4.78 is 6.10. The Morgan fingerprint density at radius 2 is 1.90 bits per heavy atom. The molecule has 106 valence electrons. The Morgan fingerprint density at radius 1 is 1.10 bits per heavy atom. The Balaban J connectivity index is 1.73. The first kappa shape index (κ1) is 13.4. The Morgan fingerprint density at radius 3 is 2.75 bits per heavy atom. The Bertz CT molecular complexity index is 564. The lowest BCUT2D eigenvalue weighted by molar-refractivity contribution is 0.154. The monoisotopic (exact) mass is 270 g/mol. The summed E-state index contributed by atoms with van der Waals surface area (Å²) in [5, 5.41) is 1.09. The van der Waals surface area contributed by atoms with E-state index in [0.29, 0.717) is 11.8 Å². The molecule has 0 bridgehead atoms. The molecule has 1 aliphatic rings. The van der Waals surface area contributed by atoms with E-state index in [4.69, 9.17) is 10.5 Å². The first-order chi connectivity index (χ1) is 9.88. The van der Waals surface area contributed by atoms with Crippen molar-refractivity contribution in [3.8, 4) is 5.75 Å². The molecule has 3 heteroatoms. The molecule has 1 aliphatic carbocycles. The highest BCUT2D eigenvalue weighted by atomic mass is 16.5. The fraction of sp³-hybridized carbons (Fsp3) is 0.471. The molecular formula is C17H22N2O. The second-order valence-corrected chi connectivity index (χ2v) is 5.68. The van der Waals surface area contributed by atoms with Crippen LogP contribution in [0.2, 0.25) is 0 Å². The van der Waals surface area contributed by atoms with Crippen molar-refractivity contribution in [3.05, 3.63) is 36.5 Å². The molecule has 0 saturated heterocycles. The predicted molar refractivity (Wildman–Crippen MR) is 81.7 cm³/mol. The lowest BCUT2D eigenvalue weighted by Crippen LogP contribution is -2.30. The molecule has 1 heterocycles. The van der Waals surface area contributed by atoms with Gasteiger partial charge in [0, 0.05) is 11.6 Å². The molecule has 2 unspecified atom stereocenters.